The van der Waals surface area contributed by atoms with Gasteiger partial charge in [-0.05, 0) is 24.6 Å². The molecule has 3 heteroatoms. The summed E-state index contributed by atoms with van der Waals surface area (Å²) in [6.07, 6.45) is 9.61. The van der Waals surface area contributed by atoms with E-state index in [4.69, 9.17) is 22.3 Å². The van der Waals surface area contributed by atoms with E-state index in [2.05, 4.69) is 11.8 Å². The molecule has 0 bridgehead atoms. The summed E-state index contributed by atoms with van der Waals surface area (Å²) in [6.45, 7) is 1.99. The Morgan fingerprint density at radius 2 is 1.59 bits per heavy atom. The van der Waals surface area contributed by atoms with Crippen molar-refractivity contribution in [2.24, 2.45) is 0 Å². The molecular weight excluding hydrogens is 216 g/mol. The molecule has 1 rings (SSSR count). The maximum Gasteiger partial charge on any atom is 0.148 e. The number of hydrogen-bond acceptors (Lipinski definition) is 3. The summed E-state index contributed by atoms with van der Waals surface area (Å²) in [6, 6.07) is 5.11. The van der Waals surface area contributed by atoms with Gasteiger partial charge >= 0.3 is 0 Å². The van der Waals surface area contributed by atoms with Crippen LogP contribution in [0.15, 0.2) is 18.2 Å². The van der Waals surface area contributed by atoms with Crippen molar-refractivity contribution >= 4 is 0 Å². The van der Waals surface area contributed by atoms with E-state index in [9.17, 15) is 5.11 Å². The van der Waals surface area contributed by atoms with Gasteiger partial charge in [0.2, 0.25) is 0 Å². The standard InChI is InChI=1S/C14H14O3/c1-4-6-16-13-8-12(11(3)15)9-14(10-13)17-7-5-2/h1-2,8-11,15H,6-7H2,3H3. The largest absolute Gasteiger partial charge is 0.481 e. The van der Waals surface area contributed by atoms with Gasteiger partial charge in [0.1, 0.15) is 24.7 Å². The van der Waals surface area contributed by atoms with E-state index < -0.39 is 6.10 Å². The van der Waals surface area contributed by atoms with Crippen LogP contribution in [-0.2, 0) is 0 Å². The molecule has 88 valence electrons. The summed E-state index contributed by atoms with van der Waals surface area (Å²) < 4.78 is 10.6. The summed E-state index contributed by atoms with van der Waals surface area (Å²) in [5.74, 6) is 5.84. The molecule has 1 N–H and O–H groups in total. The van der Waals surface area contributed by atoms with Gasteiger partial charge in [-0.3, -0.25) is 0 Å². The van der Waals surface area contributed by atoms with Crippen molar-refractivity contribution in [1.29, 1.82) is 0 Å². The number of terminal acetylenes is 2. The lowest BCUT2D eigenvalue weighted by Crippen LogP contribution is -2.00. The lowest BCUT2D eigenvalue weighted by atomic mass is 10.1. The van der Waals surface area contributed by atoms with Crippen molar-refractivity contribution in [2.45, 2.75) is 13.0 Å². The number of benzene rings is 1. The summed E-state index contributed by atoms with van der Waals surface area (Å²) in [4.78, 5) is 0. The molecule has 0 aliphatic carbocycles. The molecule has 1 aromatic carbocycles. The van der Waals surface area contributed by atoms with E-state index in [1.165, 1.54) is 0 Å². The quantitative estimate of drug-likeness (QED) is 0.783. The Morgan fingerprint density at radius 3 is 1.94 bits per heavy atom. The third-order valence-electron chi connectivity index (χ3n) is 2.03. The molecule has 3 nitrogen and oxygen atoms in total. The van der Waals surface area contributed by atoms with Crippen LogP contribution >= 0.6 is 0 Å². The first-order valence-electron chi connectivity index (χ1n) is 5.13. The minimum Gasteiger partial charge on any atom is -0.481 e. The van der Waals surface area contributed by atoms with Crippen molar-refractivity contribution in [2.75, 3.05) is 13.2 Å². The first kappa shape index (κ1) is 13.0. The average Bonchev–Trinajstić information content (AvgIpc) is 2.33. The van der Waals surface area contributed by atoms with E-state index >= 15 is 0 Å². The molecule has 17 heavy (non-hydrogen) atoms. The number of ether oxygens (including phenoxy) is 2. The van der Waals surface area contributed by atoms with E-state index in [-0.39, 0.29) is 13.2 Å². The van der Waals surface area contributed by atoms with Crippen LogP contribution in [0, 0.1) is 24.7 Å². The molecule has 0 saturated carbocycles. The summed E-state index contributed by atoms with van der Waals surface area (Å²) >= 11 is 0. The highest BCUT2D eigenvalue weighted by molar-refractivity contribution is 5.39. The molecule has 0 aliphatic heterocycles. The zero-order valence-corrected chi connectivity index (χ0v) is 9.64. The maximum absolute atomic E-state index is 9.53. The van der Waals surface area contributed by atoms with Gasteiger partial charge in [-0.1, -0.05) is 11.8 Å². The number of hydrogen-bond donors (Lipinski definition) is 1. The second-order valence-electron chi connectivity index (χ2n) is 3.40. The van der Waals surface area contributed by atoms with Crippen LogP contribution in [0.3, 0.4) is 0 Å². The highest BCUT2D eigenvalue weighted by Crippen LogP contribution is 2.26. The number of aliphatic hydroxyl groups is 1. The SMILES string of the molecule is C#CCOc1cc(OCC#C)cc(C(C)O)c1. The molecule has 0 aromatic heterocycles. The minimum atomic E-state index is -0.613. The highest BCUT2D eigenvalue weighted by Gasteiger charge is 2.07. The molecule has 0 heterocycles. The van der Waals surface area contributed by atoms with Gasteiger partial charge in [-0.15, -0.1) is 12.8 Å². The number of rotatable bonds is 5. The van der Waals surface area contributed by atoms with E-state index in [0.29, 0.717) is 17.1 Å². The molecule has 1 atom stereocenters. The molecule has 1 unspecified atom stereocenters. The third-order valence-corrected chi connectivity index (χ3v) is 2.03. The van der Waals surface area contributed by atoms with Crippen molar-refractivity contribution in [3.05, 3.63) is 23.8 Å². The van der Waals surface area contributed by atoms with Gasteiger partial charge in [-0.25, -0.2) is 0 Å². The van der Waals surface area contributed by atoms with Crippen molar-refractivity contribution < 1.29 is 14.6 Å². The van der Waals surface area contributed by atoms with E-state index in [0.717, 1.165) is 0 Å². The Bertz CT molecular complexity index is 413. The second kappa shape index (κ2) is 6.48. The third kappa shape index (κ3) is 4.10. The molecule has 0 saturated heterocycles. The first-order valence-corrected chi connectivity index (χ1v) is 5.13. The van der Waals surface area contributed by atoms with Gasteiger partial charge in [0.25, 0.3) is 0 Å². The molecular formula is C14H14O3. The Balaban J connectivity index is 2.93. The smallest absolute Gasteiger partial charge is 0.148 e. The predicted octanol–water partition coefficient (Wildman–Crippen LogP) is 1.76. The van der Waals surface area contributed by atoms with Crippen LogP contribution < -0.4 is 9.47 Å². The minimum absolute atomic E-state index is 0.165. The van der Waals surface area contributed by atoms with Gasteiger partial charge in [-0.2, -0.15) is 0 Å². The molecule has 1 aromatic rings. The monoisotopic (exact) mass is 230 g/mol. The first-order chi connectivity index (χ1) is 8.17. The Hall–Kier alpha value is -2.10. The molecule has 0 aliphatic rings. The van der Waals surface area contributed by atoms with Crippen LogP contribution in [0.5, 0.6) is 11.5 Å². The van der Waals surface area contributed by atoms with E-state index in [1.54, 1.807) is 25.1 Å². The lowest BCUT2D eigenvalue weighted by molar-refractivity contribution is 0.198. The van der Waals surface area contributed by atoms with Crippen LogP contribution in [0.25, 0.3) is 0 Å². The van der Waals surface area contributed by atoms with Crippen LogP contribution in [0.2, 0.25) is 0 Å². The highest BCUT2D eigenvalue weighted by atomic mass is 16.5. The van der Waals surface area contributed by atoms with Crippen molar-refractivity contribution in [3.63, 3.8) is 0 Å². The van der Waals surface area contributed by atoms with Crippen molar-refractivity contribution in [1.82, 2.24) is 0 Å². The van der Waals surface area contributed by atoms with Gasteiger partial charge in [0.15, 0.2) is 0 Å². The fraction of sp³-hybridized carbons (Fsp3) is 0.286. The summed E-state index contributed by atoms with van der Waals surface area (Å²) in [5, 5.41) is 9.53. The van der Waals surface area contributed by atoms with E-state index in [1.807, 2.05) is 0 Å². The molecule has 0 amide bonds. The lowest BCUT2D eigenvalue weighted by Gasteiger charge is -2.11. The maximum atomic E-state index is 9.53. The Kier molecular flexibility index (Phi) is 4.94. The van der Waals surface area contributed by atoms with Gasteiger partial charge in [0.05, 0.1) is 6.10 Å². The zero-order chi connectivity index (χ0) is 12.7. The molecule has 0 fully saturated rings. The Morgan fingerprint density at radius 1 is 1.12 bits per heavy atom. The van der Waals surface area contributed by atoms with Crippen LogP contribution in [-0.4, -0.2) is 18.3 Å². The van der Waals surface area contributed by atoms with Crippen LogP contribution in [0.1, 0.15) is 18.6 Å². The fourth-order valence-electron chi connectivity index (χ4n) is 1.25. The Labute approximate surface area is 101 Å². The second-order valence-corrected chi connectivity index (χ2v) is 3.40. The summed E-state index contributed by atoms with van der Waals surface area (Å²) in [7, 11) is 0. The molecule has 0 spiro atoms. The summed E-state index contributed by atoms with van der Waals surface area (Å²) in [5.41, 5.74) is 0.687. The molecule has 0 radical (unpaired) electrons. The topological polar surface area (TPSA) is 38.7 Å². The normalized spacial score (nSPS) is 11.1. The fourth-order valence-corrected chi connectivity index (χ4v) is 1.25. The zero-order valence-electron chi connectivity index (χ0n) is 9.64. The average molecular weight is 230 g/mol. The van der Waals surface area contributed by atoms with Gasteiger partial charge < -0.3 is 14.6 Å². The van der Waals surface area contributed by atoms with Gasteiger partial charge in [0, 0.05) is 6.07 Å². The number of aliphatic hydroxyl groups excluding tert-OH is 1. The predicted molar refractivity (Wildman–Crippen MR) is 65.7 cm³/mol. The van der Waals surface area contributed by atoms with Crippen LogP contribution in [0.4, 0.5) is 0 Å². The van der Waals surface area contributed by atoms with Crippen molar-refractivity contribution in [3.8, 4) is 36.2 Å².